The van der Waals surface area contributed by atoms with Gasteiger partial charge < -0.3 is 5.11 Å². The van der Waals surface area contributed by atoms with Crippen LogP contribution in [0.4, 0.5) is 0 Å². The molecule has 2 aliphatic rings. The van der Waals surface area contributed by atoms with Crippen molar-refractivity contribution in [1.82, 2.24) is 4.90 Å². The van der Waals surface area contributed by atoms with E-state index in [2.05, 4.69) is 4.99 Å². The van der Waals surface area contributed by atoms with Gasteiger partial charge in [-0.15, -0.1) is 0 Å². The number of amides is 2. The molecule has 0 aromatic heterocycles. The van der Waals surface area contributed by atoms with Crippen LogP contribution in [0.1, 0.15) is 5.56 Å². The molecule has 0 bridgehead atoms. The van der Waals surface area contributed by atoms with E-state index in [1.54, 1.807) is 42.5 Å². The molecule has 0 fully saturated rings. The summed E-state index contributed by atoms with van der Waals surface area (Å²) in [5, 5.41) is 10.5. The number of aliphatic imine (C=N–C) groups is 1. The van der Waals surface area contributed by atoms with Gasteiger partial charge in [0.05, 0.1) is 0 Å². The maximum atomic E-state index is 12.4. The fraction of sp³-hybridized carbons (Fsp3) is 0.133. The maximum Gasteiger partial charge on any atom is 0.289 e. The summed E-state index contributed by atoms with van der Waals surface area (Å²) in [4.78, 5) is 29.4. The number of amidine groups is 1. The first-order valence-electron chi connectivity index (χ1n) is 6.19. The Morgan fingerprint density at radius 3 is 2.65 bits per heavy atom. The van der Waals surface area contributed by atoms with E-state index in [0.29, 0.717) is 5.56 Å². The van der Waals surface area contributed by atoms with E-state index in [0.717, 1.165) is 0 Å². The van der Waals surface area contributed by atoms with Crippen molar-refractivity contribution < 1.29 is 14.7 Å². The minimum Gasteiger partial charge on any atom is -0.371 e. The zero-order valence-corrected chi connectivity index (χ0v) is 10.6. The summed E-state index contributed by atoms with van der Waals surface area (Å²) in [6, 6.07) is 8.91. The van der Waals surface area contributed by atoms with Crippen LogP contribution in [0.2, 0.25) is 0 Å². The van der Waals surface area contributed by atoms with Gasteiger partial charge in [0, 0.05) is 12.6 Å². The van der Waals surface area contributed by atoms with Crippen molar-refractivity contribution in [2.75, 3.05) is 0 Å². The number of rotatable bonds is 2. The highest BCUT2D eigenvalue weighted by Gasteiger charge is 2.50. The Morgan fingerprint density at radius 1 is 1.15 bits per heavy atom. The molecular formula is C15H12N2O3. The molecule has 1 N–H and O–H groups in total. The molecule has 1 atom stereocenters. The summed E-state index contributed by atoms with van der Waals surface area (Å²) in [6.45, 7) is 0. The largest absolute Gasteiger partial charge is 0.371 e. The topological polar surface area (TPSA) is 70.0 Å². The SMILES string of the molecule is O=C1N=C2C=CC=CN2C(=O)C1(O)Cc1ccccc1. The minimum atomic E-state index is -2.14. The predicted molar refractivity (Wildman–Crippen MR) is 72.7 cm³/mol. The van der Waals surface area contributed by atoms with Gasteiger partial charge in [-0.2, -0.15) is 4.99 Å². The number of aliphatic hydroxyl groups is 1. The van der Waals surface area contributed by atoms with E-state index in [4.69, 9.17) is 0 Å². The molecule has 2 amide bonds. The number of hydrogen-bond acceptors (Lipinski definition) is 3. The highest BCUT2D eigenvalue weighted by Crippen LogP contribution is 2.24. The molecule has 0 spiro atoms. The normalized spacial score (nSPS) is 24.6. The van der Waals surface area contributed by atoms with Crippen LogP contribution in [0.15, 0.2) is 59.8 Å². The third-order valence-corrected chi connectivity index (χ3v) is 3.28. The van der Waals surface area contributed by atoms with Crippen molar-refractivity contribution in [1.29, 1.82) is 0 Å². The van der Waals surface area contributed by atoms with Gasteiger partial charge in [-0.25, -0.2) is 0 Å². The lowest BCUT2D eigenvalue weighted by Crippen LogP contribution is -2.58. The molecule has 5 nitrogen and oxygen atoms in total. The van der Waals surface area contributed by atoms with E-state index in [9.17, 15) is 14.7 Å². The Bertz CT molecular complexity index is 661. The van der Waals surface area contributed by atoms with Gasteiger partial charge in [-0.05, 0) is 17.7 Å². The first kappa shape index (κ1) is 12.5. The zero-order chi connectivity index (χ0) is 14.2. The lowest BCUT2D eigenvalue weighted by atomic mass is 9.90. The van der Waals surface area contributed by atoms with Crippen LogP contribution in [-0.4, -0.2) is 33.3 Å². The Hall–Kier alpha value is -2.53. The molecule has 1 aromatic rings. The third-order valence-electron chi connectivity index (χ3n) is 3.28. The van der Waals surface area contributed by atoms with E-state index >= 15 is 0 Å². The van der Waals surface area contributed by atoms with Crippen LogP contribution in [0.3, 0.4) is 0 Å². The lowest BCUT2D eigenvalue weighted by molar-refractivity contribution is -0.156. The van der Waals surface area contributed by atoms with Gasteiger partial charge in [0.1, 0.15) is 5.84 Å². The number of allylic oxidation sites excluding steroid dienone is 2. The van der Waals surface area contributed by atoms with Crippen LogP contribution >= 0.6 is 0 Å². The molecule has 1 unspecified atom stereocenters. The first-order valence-corrected chi connectivity index (χ1v) is 6.19. The van der Waals surface area contributed by atoms with Crippen LogP contribution in [0, 0.1) is 0 Å². The number of hydrogen-bond donors (Lipinski definition) is 1. The standard InChI is InChI=1S/C15H12N2O3/c18-13-15(20,10-11-6-2-1-3-7-11)14(19)17-9-5-4-8-12(17)16-13/h1-9,20H,10H2. The second-order valence-corrected chi connectivity index (χ2v) is 4.67. The third kappa shape index (κ3) is 1.88. The number of benzene rings is 1. The highest BCUT2D eigenvalue weighted by molar-refractivity contribution is 6.24. The molecule has 0 saturated carbocycles. The van der Waals surface area contributed by atoms with Crippen molar-refractivity contribution in [3.63, 3.8) is 0 Å². The van der Waals surface area contributed by atoms with Gasteiger partial charge in [-0.1, -0.05) is 36.4 Å². The molecule has 20 heavy (non-hydrogen) atoms. The average Bonchev–Trinajstić information content (AvgIpc) is 2.47. The lowest BCUT2D eigenvalue weighted by Gasteiger charge is -2.33. The molecule has 100 valence electrons. The van der Waals surface area contributed by atoms with Crippen molar-refractivity contribution in [2.24, 2.45) is 4.99 Å². The van der Waals surface area contributed by atoms with Crippen LogP contribution in [0.5, 0.6) is 0 Å². The molecule has 1 aromatic carbocycles. The van der Waals surface area contributed by atoms with E-state index in [-0.39, 0.29) is 12.3 Å². The number of carbonyl (C=O) groups is 2. The first-order chi connectivity index (χ1) is 9.61. The molecule has 0 aliphatic carbocycles. The van der Waals surface area contributed by atoms with Crippen LogP contribution in [-0.2, 0) is 16.0 Å². The van der Waals surface area contributed by atoms with Gasteiger partial charge in [0.2, 0.25) is 5.60 Å². The monoisotopic (exact) mass is 268 g/mol. The zero-order valence-electron chi connectivity index (χ0n) is 10.6. The van der Waals surface area contributed by atoms with Crippen molar-refractivity contribution in [2.45, 2.75) is 12.0 Å². The van der Waals surface area contributed by atoms with Crippen LogP contribution in [0.25, 0.3) is 0 Å². The summed E-state index contributed by atoms with van der Waals surface area (Å²) in [6.07, 6.45) is 6.28. The molecular weight excluding hydrogens is 256 g/mol. The van der Waals surface area contributed by atoms with Crippen molar-refractivity contribution in [3.8, 4) is 0 Å². The summed E-state index contributed by atoms with van der Waals surface area (Å²) < 4.78 is 0. The van der Waals surface area contributed by atoms with Gasteiger partial charge >= 0.3 is 0 Å². The second kappa shape index (κ2) is 4.54. The molecule has 0 radical (unpaired) electrons. The van der Waals surface area contributed by atoms with Gasteiger partial charge in [0.15, 0.2) is 0 Å². The fourth-order valence-electron chi connectivity index (χ4n) is 2.23. The number of nitrogens with zero attached hydrogens (tertiary/aromatic N) is 2. The Morgan fingerprint density at radius 2 is 1.90 bits per heavy atom. The summed E-state index contributed by atoms with van der Waals surface area (Å²) >= 11 is 0. The van der Waals surface area contributed by atoms with Crippen molar-refractivity contribution >= 4 is 17.6 Å². The van der Waals surface area contributed by atoms with E-state index in [1.165, 1.54) is 11.1 Å². The number of carbonyl (C=O) groups excluding carboxylic acids is 2. The quantitative estimate of drug-likeness (QED) is 0.807. The van der Waals surface area contributed by atoms with Crippen LogP contribution < -0.4 is 0 Å². The highest BCUT2D eigenvalue weighted by atomic mass is 16.3. The van der Waals surface area contributed by atoms with Gasteiger partial charge in [0.25, 0.3) is 11.8 Å². The smallest absolute Gasteiger partial charge is 0.289 e. The number of fused-ring (bicyclic) bond motifs is 1. The average molecular weight is 268 g/mol. The summed E-state index contributed by atoms with van der Waals surface area (Å²) in [7, 11) is 0. The second-order valence-electron chi connectivity index (χ2n) is 4.67. The predicted octanol–water partition coefficient (Wildman–Crippen LogP) is 0.811. The fourth-order valence-corrected chi connectivity index (χ4v) is 2.23. The van der Waals surface area contributed by atoms with Gasteiger partial charge in [-0.3, -0.25) is 14.5 Å². The van der Waals surface area contributed by atoms with E-state index in [1.807, 2.05) is 6.07 Å². The van der Waals surface area contributed by atoms with E-state index < -0.39 is 17.4 Å². The molecule has 2 heterocycles. The minimum absolute atomic E-state index is 0.0870. The van der Waals surface area contributed by atoms with Crippen molar-refractivity contribution in [3.05, 3.63) is 60.3 Å². The summed E-state index contributed by atoms with van der Waals surface area (Å²) in [5.74, 6) is -1.25. The molecule has 3 rings (SSSR count). The molecule has 5 heteroatoms. The Balaban J connectivity index is 1.99. The Labute approximate surface area is 115 Å². The molecule has 2 aliphatic heterocycles. The molecule has 0 saturated heterocycles. The summed E-state index contributed by atoms with van der Waals surface area (Å²) in [5.41, 5.74) is -1.44. The Kier molecular flexibility index (Phi) is 2.84. The maximum absolute atomic E-state index is 12.4.